The predicted octanol–water partition coefficient (Wildman–Crippen LogP) is 3.89. The zero-order chi connectivity index (χ0) is 22.7. The number of nitrogens with zero attached hydrogens (tertiary/aromatic N) is 3. The zero-order valence-electron chi connectivity index (χ0n) is 18.1. The molecule has 8 nitrogen and oxygen atoms in total. The molecule has 1 fully saturated rings. The molecule has 9 heteroatoms. The molecule has 4 rings (SSSR count). The van der Waals surface area contributed by atoms with Crippen molar-refractivity contribution in [2.45, 2.75) is 25.7 Å². The van der Waals surface area contributed by atoms with E-state index < -0.39 is 5.91 Å². The monoisotopic (exact) mass is 452 g/mol. The number of aryl methyl sites for hydroxylation is 1. The van der Waals surface area contributed by atoms with Gasteiger partial charge < -0.3 is 14.4 Å². The Labute approximate surface area is 190 Å². The van der Waals surface area contributed by atoms with Crippen LogP contribution < -0.4 is 19.7 Å². The highest BCUT2D eigenvalue weighted by Gasteiger charge is 2.34. The second-order valence-corrected chi connectivity index (χ2v) is 8.33. The highest BCUT2D eigenvalue weighted by Crippen LogP contribution is 2.36. The number of hydrogen-bond acceptors (Lipinski definition) is 7. The van der Waals surface area contributed by atoms with E-state index in [1.54, 1.807) is 18.2 Å². The maximum absolute atomic E-state index is 12.9. The molecule has 0 spiro atoms. The van der Waals surface area contributed by atoms with Gasteiger partial charge in [0.25, 0.3) is 5.91 Å². The van der Waals surface area contributed by atoms with Crippen LogP contribution in [0.5, 0.6) is 11.5 Å². The van der Waals surface area contributed by atoms with Crippen molar-refractivity contribution in [2.24, 2.45) is 0 Å². The van der Waals surface area contributed by atoms with Crippen molar-refractivity contribution in [2.75, 3.05) is 31.0 Å². The number of anilines is 2. The minimum Gasteiger partial charge on any atom is -0.496 e. The number of nitrogens with one attached hydrogen (secondary N) is 1. The predicted molar refractivity (Wildman–Crippen MR) is 123 cm³/mol. The SMILES string of the molecule is CCc1ccccc1N1CC(c2nnc(NC(=O)c3c(OC)cccc3OC)s2)CC1=O. The summed E-state index contributed by atoms with van der Waals surface area (Å²) >= 11 is 1.27. The average molecular weight is 453 g/mol. The summed E-state index contributed by atoms with van der Waals surface area (Å²) in [6, 6.07) is 13.1. The topological polar surface area (TPSA) is 93.7 Å². The summed E-state index contributed by atoms with van der Waals surface area (Å²) in [6.45, 7) is 2.62. The Morgan fingerprint density at radius 3 is 2.53 bits per heavy atom. The molecule has 2 amide bonds. The van der Waals surface area contributed by atoms with Gasteiger partial charge in [-0.25, -0.2) is 0 Å². The van der Waals surface area contributed by atoms with Gasteiger partial charge in [0.1, 0.15) is 22.1 Å². The molecule has 1 aromatic heterocycles. The average Bonchev–Trinajstić information content (AvgIpc) is 3.44. The Kier molecular flexibility index (Phi) is 6.36. The molecule has 1 atom stereocenters. The Morgan fingerprint density at radius 1 is 1.12 bits per heavy atom. The zero-order valence-corrected chi connectivity index (χ0v) is 18.9. The molecule has 1 unspecified atom stereocenters. The van der Waals surface area contributed by atoms with Crippen molar-refractivity contribution < 1.29 is 19.1 Å². The van der Waals surface area contributed by atoms with Gasteiger partial charge in [-0.05, 0) is 30.2 Å². The molecule has 0 aliphatic carbocycles. The lowest BCUT2D eigenvalue weighted by Crippen LogP contribution is -2.25. The molecule has 0 bridgehead atoms. The fourth-order valence-corrected chi connectivity index (χ4v) is 4.69. The van der Waals surface area contributed by atoms with Crippen molar-refractivity contribution in [1.29, 1.82) is 0 Å². The number of para-hydroxylation sites is 1. The lowest BCUT2D eigenvalue weighted by molar-refractivity contribution is -0.117. The number of rotatable bonds is 7. The van der Waals surface area contributed by atoms with Crippen molar-refractivity contribution >= 4 is 34.0 Å². The van der Waals surface area contributed by atoms with Crippen LogP contribution in [0.25, 0.3) is 0 Å². The van der Waals surface area contributed by atoms with E-state index in [2.05, 4.69) is 22.4 Å². The summed E-state index contributed by atoms with van der Waals surface area (Å²) in [5, 5.41) is 12.2. The molecule has 3 aromatic rings. The number of methoxy groups -OCH3 is 2. The van der Waals surface area contributed by atoms with Crippen LogP contribution in [0.4, 0.5) is 10.8 Å². The van der Waals surface area contributed by atoms with Crippen molar-refractivity contribution in [1.82, 2.24) is 10.2 Å². The number of benzene rings is 2. The van der Waals surface area contributed by atoms with Crippen LogP contribution in [0.15, 0.2) is 42.5 Å². The van der Waals surface area contributed by atoms with E-state index in [1.807, 2.05) is 29.2 Å². The first-order chi connectivity index (χ1) is 15.5. The van der Waals surface area contributed by atoms with Crippen molar-refractivity contribution in [3.8, 4) is 11.5 Å². The van der Waals surface area contributed by atoms with Gasteiger partial charge in [0.2, 0.25) is 11.0 Å². The van der Waals surface area contributed by atoms with Gasteiger partial charge in [0, 0.05) is 24.6 Å². The summed E-state index contributed by atoms with van der Waals surface area (Å²) in [4.78, 5) is 27.4. The van der Waals surface area contributed by atoms with Gasteiger partial charge >= 0.3 is 0 Å². The van der Waals surface area contributed by atoms with Gasteiger partial charge in [-0.2, -0.15) is 0 Å². The van der Waals surface area contributed by atoms with Gasteiger partial charge in [-0.3, -0.25) is 14.9 Å². The third-order valence-electron chi connectivity index (χ3n) is 5.45. The Balaban J connectivity index is 1.50. The first-order valence-corrected chi connectivity index (χ1v) is 11.1. The molecular weight excluding hydrogens is 428 g/mol. The smallest absolute Gasteiger partial charge is 0.265 e. The number of ether oxygens (including phenoxy) is 2. The summed E-state index contributed by atoms with van der Waals surface area (Å²) in [7, 11) is 2.99. The van der Waals surface area contributed by atoms with Crippen LogP contribution in [-0.2, 0) is 11.2 Å². The third-order valence-corrected chi connectivity index (χ3v) is 6.45. The number of carbonyl (C=O) groups excluding carboxylic acids is 2. The lowest BCUT2D eigenvalue weighted by atomic mass is 10.1. The second kappa shape index (κ2) is 9.35. The summed E-state index contributed by atoms with van der Waals surface area (Å²) in [5.41, 5.74) is 2.37. The summed E-state index contributed by atoms with van der Waals surface area (Å²) in [5.74, 6) is 0.395. The van der Waals surface area contributed by atoms with Crippen molar-refractivity contribution in [3.63, 3.8) is 0 Å². The standard InChI is InChI=1S/C23H24N4O4S/c1-4-14-8-5-6-9-16(14)27-13-15(12-19(27)28)22-25-26-23(32-22)24-21(29)20-17(30-2)10-7-11-18(20)31-3/h5-11,15H,4,12-13H2,1-3H3,(H,24,26,29). The van der Waals surface area contributed by atoms with E-state index >= 15 is 0 Å². The fraction of sp³-hybridized carbons (Fsp3) is 0.304. The highest BCUT2D eigenvalue weighted by molar-refractivity contribution is 7.15. The molecule has 1 saturated heterocycles. The molecule has 2 heterocycles. The van der Waals surface area contributed by atoms with E-state index in [9.17, 15) is 9.59 Å². The maximum Gasteiger partial charge on any atom is 0.265 e. The Morgan fingerprint density at radius 2 is 1.84 bits per heavy atom. The van der Waals surface area contributed by atoms with Crippen LogP contribution in [0.2, 0.25) is 0 Å². The molecule has 166 valence electrons. The van der Waals surface area contributed by atoms with E-state index in [1.165, 1.54) is 25.6 Å². The van der Waals surface area contributed by atoms with Gasteiger partial charge in [-0.15, -0.1) is 10.2 Å². The molecule has 1 aliphatic rings. The first-order valence-electron chi connectivity index (χ1n) is 10.3. The third kappa shape index (κ3) is 4.16. The van der Waals surface area contributed by atoms with Crippen molar-refractivity contribution in [3.05, 3.63) is 58.6 Å². The van der Waals surface area contributed by atoms with Gasteiger partial charge in [0.05, 0.1) is 14.2 Å². The molecular formula is C23H24N4O4S. The number of aromatic nitrogens is 2. The summed E-state index contributed by atoms with van der Waals surface area (Å²) in [6.07, 6.45) is 1.22. The van der Waals surface area contributed by atoms with Crippen LogP contribution >= 0.6 is 11.3 Å². The van der Waals surface area contributed by atoms with Crippen LogP contribution in [0.1, 0.15) is 40.2 Å². The first kappa shape index (κ1) is 21.8. The number of amides is 2. The van der Waals surface area contributed by atoms with E-state index in [0.717, 1.165) is 22.7 Å². The minimum absolute atomic E-state index is 0.0652. The molecule has 1 N–H and O–H groups in total. The minimum atomic E-state index is -0.400. The van der Waals surface area contributed by atoms with E-state index in [4.69, 9.17) is 9.47 Å². The second-order valence-electron chi connectivity index (χ2n) is 7.32. The molecule has 32 heavy (non-hydrogen) atoms. The van der Waals surface area contributed by atoms with Crippen LogP contribution in [0, 0.1) is 0 Å². The quantitative estimate of drug-likeness (QED) is 0.585. The van der Waals surface area contributed by atoms with Crippen LogP contribution in [-0.4, -0.2) is 42.8 Å². The maximum atomic E-state index is 12.9. The summed E-state index contributed by atoms with van der Waals surface area (Å²) < 4.78 is 10.6. The number of hydrogen-bond donors (Lipinski definition) is 1. The normalized spacial score (nSPS) is 15.7. The fourth-order valence-electron chi connectivity index (χ4n) is 3.86. The largest absolute Gasteiger partial charge is 0.496 e. The van der Waals surface area contributed by atoms with E-state index in [-0.39, 0.29) is 17.4 Å². The van der Waals surface area contributed by atoms with E-state index in [0.29, 0.717) is 29.6 Å². The van der Waals surface area contributed by atoms with Crippen LogP contribution in [0.3, 0.4) is 0 Å². The van der Waals surface area contributed by atoms with Gasteiger partial charge in [0.15, 0.2) is 0 Å². The highest BCUT2D eigenvalue weighted by atomic mass is 32.1. The molecule has 1 aliphatic heterocycles. The Hall–Kier alpha value is -3.46. The molecule has 2 aromatic carbocycles. The lowest BCUT2D eigenvalue weighted by Gasteiger charge is -2.19. The Bertz CT molecular complexity index is 1120. The van der Waals surface area contributed by atoms with Gasteiger partial charge in [-0.1, -0.05) is 42.5 Å². The molecule has 0 radical (unpaired) electrons. The number of carbonyl (C=O) groups is 2. The molecule has 0 saturated carbocycles.